The van der Waals surface area contributed by atoms with Crippen LogP contribution in [0.5, 0.6) is 0 Å². The van der Waals surface area contributed by atoms with Crippen LogP contribution < -0.4 is 9.80 Å². The topological polar surface area (TPSA) is 32.8 Å². The third kappa shape index (κ3) is 1.99. The minimum absolute atomic E-state index is 0.144. The van der Waals surface area contributed by atoms with E-state index in [0.717, 1.165) is 38.2 Å². The molecular weight excluding hydrogens is 252 g/mol. The third-order valence-electron chi connectivity index (χ3n) is 4.51. The molecular formula is C16H20N2O2. The summed E-state index contributed by atoms with van der Waals surface area (Å²) in [5.74, 6) is 0.144. The van der Waals surface area contributed by atoms with Gasteiger partial charge in [-0.15, -0.1) is 0 Å². The van der Waals surface area contributed by atoms with Gasteiger partial charge in [-0.2, -0.15) is 0 Å². The Labute approximate surface area is 119 Å². The lowest BCUT2D eigenvalue weighted by Crippen LogP contribution is -2.48. The molecule has 0 N–H and O–H groups in total. The van der Waals surface area contributed by atoms with Crippen molar-refractivity contribution in [2.45, 2.75) is 37.8 Å². The Morgan fingerprint density at radius 1 is 1.10 bits per heavy atom. The zero-order valence-corrected chi connectivity index (χ0v) is 11.6. The summed E-state index contributed by atoms with van der Waals surface area (Å²) in [6.45, 7) is 2.45. The van der Waals surface area contributed by atoms with Crippen LogP contribution in [0.3, 0.4) is 0 Å². The molecule has 1 amide bonds. The number of rotatable bonds is 2. The summed E-state index contributed by atoms with van der Waals surface area (Å²) in [5.41, 5.74) is 2.28. The Hall–Kier alpha value is -1.55. The first-order chi connectivity index (χ1) is 9.84. The highest BCUT2D eigenvalue weighted by molar-refractivity contribution is 6.00. The number of benzene rings is 1. The van der Waals surface area contributed by atoms with E-state index in [2.05, 4.69) is 23.1 Å². The third-order valence-corrected chi connectivity index (χ3v) is 4.51. The molecule has 1 atom stereocenters. The first-order valence-corrected chi connectivity index (χ1v) is 7.63. The van der Waals surface area contributed by atoms with Crippen LogP contribution in [0.1, 0.15) is 25.7 Å². The van der Waals surface area contributed by atoms with Crippen LogP contribution in [0.4, 0.5) is 11.4 Å². The van der Waals surface area contributed by atoms with Gasteiger partial charge in [0.05, 0.1) is 11.4 Å². The summed E-state index contributed by atoms with van der Waals surface area (Å²) in [6, 6.07) is 8.98. The van der Waals surface area contributed by atoms with Crippen LogP contribution in [0, 0.1) is 0 Å². The number of carbonyl (C=O) groups excluding carboxylic acids is 1. The fourth-order valence-electron chi connectivity index (χ4n) is 3.32. The smallest absolute Gasteiger partial charge is 0.256 e. The molecule has 4 nitrogen and oxygen atoms in total. The summed E-state index contributed by atoms with van der Waals surface area (Å²) in [7, 11) is 0. The number of fused-ring (bicyclic) bond motifs is 1. The van der Waals surface area contributed by atoms with Gasteiger partial charge in [-0.05, 0) is 37.8 Å². The molecule has 0 aromatic heterocycles. The fraction of sp³-hybridized carbons (Fsp3) is 0.562. The van der Waals surface area contributed by atoms with E-state index in [1.54, 1.807) is 0 Å². The summed E-state index contributed by atoms with van der Waals surface area (Å²) in [4.78, 5) is 17.0. The van der Waals surface area contributed by atoms with E-state index in [1.807, 2.05) is 11.0 Å². The Kier molecular flexibility index (Phi) is 2.91. The molecule has 106 valence electrons. The number of hydrogen-bond donors (Lipinski definition) is 0. The lowest BCUT2D eigenvalue weighted by atomic mass is 10.1. The molecule has 4 rings (SSSR count). The van der Waals surface area contributed by atoms with Crippen LogP contribution in [-0.2, 0) is 9.53 Å². The summed E-state index contributed by atoms with van der Waals surface area (Å²) in [5, 5.41) is 0. The number of amides is 1. The molecule has 1 aromatic carbocycles. The SMILES string of the molecule is O=C(C1CCCO1)N1CCN(C2CC2)c2ccccc21. The Morgan fingerprint density at radius 3 is 2.60 bits per heavy atom. The predicted molar refractivity (Wildman–Crippen MR) is 78.1 cm³/mol. The monoisotopic (exact) mass is 272 g/mol. The van der Waals surface area contributed by atoms with Crippen molar-refractivity contribution < 1.29 is 9.53 Å². The molecule has 20 heavy (non-hydrogen) atoms. The largest absolute Gasteiger partial charge is 0.368 e. The number of ether oxygens (including phenoxy) is 1. The molecule has 0 spiro atoms. The fourth-order valence-corrected chi connectivity index (χ4v) is 3.32. The number of hydrogen-bond acceptors (Lipinski definition) is 3. The Bertz CT molecular complexity index is 521. The highest BCUT2D eigenvalue weighted by atomic mass is 16.5. The lowest BCUT2D eigenvalue weighted by molar-refractivity contribution is -0.127. The minimum Gasteiger partial charge on any atom is -0.368 e. The van der Waals surface area contributed by atoms with Gasteiger partial charge in [0, 0.05) is 25.7 Å². The van der Waals surface area contributed by atoms with Gasteiger partial charge in [0.25, 0.3) is 5.91 Å². The number of para-hydroxylation sites is 2. The van der Waals surface area contributed by atoms with Gasteiger partial charge in [-0.3, -0.25) is 4.79 Å². The molecule has 2 heterocycles. The minimum atomic E-state index is -0.226. The zero-order valence-electron chi connectivity index (χ0n) is 11.6. The van der Waals surface area contributed by atoms with Crippen LogP contribution in [0.15, 0.2) is 24.3 Å². The molecule has 2 aliphatic heterocycles. The summed E-state index contributed by atoms with van der Waals surface area (Å²) in [6.07, 6.45) is 4.21. The maximum Gasteiger partial charge on any atom is 0.256 e. The first-order valence-electron chi connectivity index (χ1n) is 7.63. The molecule has 0 radical (unpaired) electrons. The molecule has 1 aromatic rings. The average Bonchev–Trinajstić information content (AvgIpc) is 3.19. The quantitative estimate of drug-likeness (QED) is 0.827. The van der Waals surface area contributed by atoms with Crippen molar-refractivity contribution in [2.75, 3.05) is 29.5 Å². The number of anilines is 2. The van der Waals surface area contributed by atoms with Crippen molar-refractivity contribution in [3.8, 4) is 0 Å². The molecule has 4 heteroatoms. The van der Waals surface area contributed by atoms with Gasteiger partial charge >= 0.3 is 0 Å². The van der Waals surface area contributed by atoms with E-state index in [1.165, 1.54) is 18.5 Å². The lowest BCUT2D eigenvalue weighted by Gasteiger charge is -2.38. The predicted octanol–water partition coefficient (Wildman–Crippen LogP) is 2.18. The van der Waals surface area contributed by atoms with Gasteiger partial charge < -0.3 is 14.5 Å². The maximum atomic E-state index is 12.6. The van der Waals surface area contributed by atoms with Crippen LogP contribution >= 0.6 is 0 Å². The molecule has 1 unspecified atom stereocenters. The average molecular weight is 272 g/mol. The van der Waals surface area contributed by atoms with Gasteiger partial charge in [0.1, 0.15) is 6.10 Å². The molecule has 1 aliphatic carbocycles. The van der Waals surface area contributed by atoms with Crippen LogP contribution in [0.25, 0.3) is 0 Å². The maximum absolute atomic E-state index is 12.6. The van der Waals surface area contributed by atoms with Crippen molar-refractivity contribution in [2.24, 2.45) is 0 Å². The van der Waals surface area contributed by atoms with Crippen molar-refractivity contribution in [3.63, 3.8) is 0 Å². The van der Waals surface area contributed by atoms with Crippen LogP contribution in [-0.4, -0.2) is 37.7 Å². The van der Waals surface area contributed by atoms with Gasteiger partial charge in [0.15, 0.2) is 0 Å². The Balaban J connectivity index is 1.64. The van der Waals surface area contributed by atoms with Gasteiger partial charge in [0.2, 0.25) is 0 Å². The second kappa shape index (κ2) is 4.77. The van der Waals surface area contributed by atoms with E-state index in [0.29, 0.717) is 6.04 Å². The van der Waals surface area contributed by atoms with E-state index < -0.39 is 0 Å². The zero-order chi connectivity index (χ0) is 13.5. The second-order valence-electron chi connectivity index (χ2n) is 5.90. The molecule has 3 aliphatic rings. The van der Waals surface area contributed by atoms with E-state index >= 15 is 0 Å². The highest BCUT2D eigenvalue weighted by Gasteiger charge is 2.37. The standard InChI is InChI=1S/C16H20N2O2/c19-16(15-6-3-11-20-15)18-10-9-17(12-7-8-12)13-4-1-2-5-14(13)18/h1-2,4-5,12,15H,3,6-11H2. The molecule has 0 bridgehead atoms. The van der Waals surface area contributed by atoms with Crippen molar-refractivity contribution >= 4 is 17.3 Å². The molecule has 1 saturated carbocycles. The van der Waals surface area contributed by atoms with E-state index in [9.17, 15) is 4.79 Å². The Morgan fingerprint density at radius 2 is 1.90 bits per heavy atom. The van der Waals surface area contributed by atoms with Crippen molar-refractivity contribution in [1.29, 1.82) is 0 Å². The number of nitrogens with zero attached hydrogens (tertiary/aromatic N) is 2. The first kappa shape index (κ1) is 12.2. The number of carbonyl (C=O) groups is 1. The van der Waals surface area contributed by atoms with E-state index in [-0.39, 0.29) is 12.0 Å². The van der Waals surface area contributed by atoms with Crippen molar-refractivity contribution in [3.05, 3.63) is 24.3 Å². The normalized spacial score (nSPS) is 25.7. The van der Waals surface area contributed by atoms with Crippen molar-refractivity contribution in [1.82, 2.24) is 0 Å². The van der Waals surface area contributed by atoms with Gasteiger partial charge in [-0.1, -0.05) is 12.1 Å². The van der Waals surface area contributed by atoms with Crippen LogP contribution in [0.2, 0.25) is 0 Å². The second-order valence-corrected chi connectivity index (χ2v) is 5.90. The van der Waals surface area contributed by atoms with Gasteiger partial charge in [-0.25, -0.2) is 0 Å². The highest BCUT2D eigenvalue weighted by Crippen LogP contribution is 2.40. The van der Waals surface area contributed by atoms with E-state index in [4.69, 9.17) is 4.74 Å². The summed E-state index contributed by atoms with van der Waals surface area (Å²) < 4.78 is 5.56. The molecule has 2 fully saturated rings. The summed E-state index contributed by atoms with van der Waals surface area (Å²) >= 11 is 0. The molecule has 1 saturated heterocycles.